The van der Waals surface area contributed by atoms with Crippen molar-refractivity contribution in [3.63, 3.8) is 0 Å². The number of rotatable bonds is 8. The Hall–Kier alpha value is -1.99. The predicted molar refractivity (Wildman–Crippen MR) is 105 cm³/mol. The van der Waals surface area contributed by atoms with E-state index in [9.17, 15) is 9.59 Å². The van der Waals surface area contributed by atoms with Crippen LogP contribution in [0.2, 0.25) is 0 Å². The molecular formula is C18H30ClN3O4. The molecule has 26 heavy (non-hydrogen) atoms. The third kappa shape index (κ3) is 6.38. The van der Waals surface area contributed by atoms with Crippen LogP contribution in [0.25, 0.3) is 0 Å². The normalized spacial score (nSPS) is 12.6. The highest BCUT2D eigenvalue weighted by Crippen LogP contribution is 2.36. The lowest BCUT2D eigenvalue weighted by molar-refractivity contribution is -0.114. The third-order valence-electron chi connectivity index (χ3n) is 3.78. The van der Waals surface area contributed by atoms with Gasteiger partial charge in [0.1, 0.15) is 0 Å². The first-order chi connectivity index (χ1) is 11.7. The molecule has 7 nitrogen and oxygen atoms in total. The highest BCUT2D eigenvalue weighted by atomic mass is 35.5. The van der Waals surface area contributed by atoms with Gasteiger partial charge in [-0.1, -0.05) is 13.8 Å². The number of hydrogen-bond donors (Lipinski definition) is 3. The fourth-order valence-electron chi connectivity index (χ4n) is 2.81. The van der Waals surface area contributed by atoms with E-state index in [0.717, 1.165) is 6.42 Å². The number of halogens is 1. The van der Waals surface area contributed by atoms with Crippen LogP contribution in [0, 0.1) is 5.92 Å². The summed E-state index contributed by atoms with van der Waals surface area (Å²) < 4.78 is 10.6. The van der Waals surface area contributed by atoms with Crippen molar-refractivity contribution in [2.45, 2.75) is 39.7 Å². The standard InChI is InChI=1S/C18H29N3O4.ClH/c1-11(2)9-18(4,10-19)21-17(23)13-7-14(20-12(3)22)16(25-6)15(8-13)24-5;/h7-8,11H,9-10,19H2,1-6H3,(H,20,22)(H,21,23);1H. The second kappa shape index (κ2) is 10.2. The molecule has 1 aromatic carbocycles. The van der Waals surface area contributed by atoms with Crippen LogP contribution in [0.15, 0.2) is 12.1 Å². The molecular weight excluding hydrogens is 358 g/mol. The Morgan fingerprint density at radius 3 is 2.27 bits per heavy atom. The van der Waals surface area contributed by atoms with E-state index in [1.807, 2.05) is 6.92 Å². The van der Waals surface area contributed by atoms with Gasteiger partial charge < -0.3 is 25.8 Å². The van der Waals surface area contributed by atoms with Crippen LogP contribution in [0.1, 0.15) is 44.5 Å². The maximum absolute atomic E-state index is 12.7. The minimum absolute atomic E-state index is 0. The molecule has 0 saturated carbocycles. The van der Waals surface area contributed by atoms with Crippen LogP contribution in [-0.2, 0) is 4.79 Å². The number of ether oxygens (including phenoxy) is 2. The Bertz CT molecular complexity index is 637. The van der Waals surface area contributed by atoms with Gasteiger partial charge in [-0.3, -0.25) is 9.59 Å². The lowest BCUT2D eigenvalue weighted by Crippen LogP contribution is -2.52. The molecule has 2 amide bonds. The van der Waals surface area contributed by atoms with Crippen LogP contribution in [0.4, 0.5) is 5.69 Å². The number of carbonyl (C=O) groups excluding carboxylic acids is 2. The second-order valence-corrected chi connectivity index (χ2v) is 6.76. The smallest absolute Gasteiger partial charge is 0.251 e. The van der Waals surface area contributed by atoms with E-state index >= 15 is 0 Å². The number of amides is 2. The predicted octanol–water partition coefficient (Wildman–Crippen LogP) is 2.58. The first-order valence-corrected chi connectivity index (χ1v) is 8.22. The molecule has 0 aromatic heterocycles. The molecule has 1 rings (SSSR count). The fraction of sp³-hybridized carbons (Fsp3) is 0.556. The largest absolute Gasteiger partial charge is 0.493 e. The Labute approximate surface area is 161 Å². The van der Waals surface area contributed by atoms with E-state index in [0.29, 0.717) is 35.2 Å². The van der Waals surface area contributed by atoms with Crippen LogP contribution in [0.5, 0.6) is 11.5 Å². The maximum Gasteiger partial charge on any atom is 0.251 e. The first kappa shape index (κ1) is 24.0. The third-order valence-corrected chi connectivity index (χ3v) is 3.78. The van der Waals surface area contributed by atoms with Crippen molar-refractivity contribution >= 4 is 29.9 Å². The number of nitrogens with one attached hydrogen (secondary N) is 2. The minimum Gasteiger partial charge on any atom is -0.493 e. The molecule has 8 heteroatoms. The van der Waals surface area contributed by atoms with Crippen molar-refractivity contribution in [1.29, 1.82) is 0 Å². The molecule has 0 heterocycles. The Morgan fingerprint density at radius 1 is 1.23 bits per heavy atom. The molecule has 0 radical (unpaired) electrons. The van der Waals surface area contributed by atoms with Gasteiger partial charge in [-0.15, -0.1) is 12.4 Å². The average Bonchev–Trinajstić information content (AvgIpc) is 2.52. The summed E-state index contributed by atoms with van der Waals surface area (Å²) in [6, 6.07) is 3.14. The van der Waals surface area contributed by atoms with Crippen molar-refractivity contribution < 1.29 is 19.1 Å². The zero-order valence-corrected chi connectivity index (χ0v) is 17.1. The Balaban J connectivity index is 0.00000625. The van der Waals surface area contributed by atoms with Crippen molar-refractivity contribution in [1.82, 2.24) is 5.32 Å². The van der Waals surface area contributed by atoms with Crippen LogP contribution in [0.3, 0.4) is 0 Å². The Morgan fingerprint density at radius 2 is 1.85 bits per heavy atom. The van der Waals surface area contributed by atoms with E-state index in [2.05, 4.69) is 24.5 Å². The van der Waals surface area contributed by atoms with Crippen molar-refractivity contribution in [3.05, 3.63) is 17.7 Å². The molecule has 148 valence electrons. The molecule has 0 aliphatic rings. The lowest BCUT2D eigenvalue weighted by Gasteiger charge is -2.31. The number of hydrogen-bond acceptors (Lipinski definition) is 5. The van der Waals surface area contributed by atoms with Gasteiger partial charge in [-0.2, -0.15) is 0 Å². The van der Waals surface area contributed by atoms with E-state index in [1.165, 1.54) is 21.1 Å². The SMILES string of the molecule is COc1cc(C(=O)NC(C)(CN)CC(C)C)cc(NC(C)=O)c1OC.Cl. The molecule has 0 aliphatic heterocycles. The summed E-state index contributed by atoms with van der Waals surface area (Å²) in [4.78, 5) is 24.2. The minimum atomic E-state index is -0.521. The highest BCUT2D eigenvalue weighted by molar-refractivity contribution is 5.99. The zero-order chi connectivity index (χ0) is 19.2. The quantitative estimate of drug-likeness (QED) is 0.636. The molecule has 0 fully saturated rings. The zero-order valence-electron chi connectivity index (χ0n) is 16.3. The van der Waals surface area contributed by atoms with Gasteiger partial charge in [-0.05, 0) is 31.4 Å². The summed E-state index contributed by atoms with van der Waals surface area (Å²) in [5.74, 6) is 0.537. The second-order valence-electron chi connectivity index (χ2n) is 6.76. The molecule has 1 unspecified atom stereocenters. The summed E-state index contributed by atoms with van der Waals surface area (Å²) >= 11 is 0. The number of anilines is 1. The Kier molecular flexibility index (Phi) is 9.45. The van der Waals surface area contributed by atoms with Crippen LogP contribution in [-0.4, -0.2) is 38.1 Å². The molecule has 0 spiro atoms. The number of nitrogens with two attached hydrogens (primary N) is 1. The van der Waals surface area contributed by atoms with E-state index in [4.69, 9.17) is 15.2 Å². The molecule has 0 saturated heterocycles. The first-order valence-electron chi connectivity index (χ1n) is 8.22. The van der Waals surface area contributed by atoms with Crippen molar-refractivity contribution in [3.8, 4) is 11.5 Å². The summed E-state index contributed by atoms with van der Waals surface area (Å²) in [7, 11) is 2.94. The monoisotopic (exact) mass is 387 g/mol. The summed E-state index contributed by atoms with van der Waals surface area (Å²) in [6.07, 6.45) is 0.751. The summed E-state index contributed by atoms with van der Waals surface area (Å²) in [5, 5.41) is 5.64. The topological polar surface area (TPSA) is 103 Å². The number of benzene rings is 1. The summed E-state index contributed by atoms with van der Waals surface area (Å²) in [6.45, 7) is 7.77. The molecule has 1 atom stereocenters. The van der Waals surface area contributed by atoms with Crippen LogP contribution >= 0.6 is 12.4 Å². The van der Waals surface area contributed by atoms with E-state index < -0.39 is 5.54 Å². The van der Waals surface area contributed by atoms with Gasteiger partial charge in [0, 0.05) is 24.6 Å². The molecule has 1 aromatic rings. The van der Waals surface area contributed by atoms with Crippen molar-refractivity contribution in [2.24, 2.45) is 11.7 Å². The number of carbonyl (C=O) groups is 2. The number of methoxy groups -OCH3 is 2. The van der Waals surface area contributed by atoms with E-state index in [-0.39, 0.29) is 24.2 Å². The average molecular weight is 388 g/mol. The molecule has 0 aliphatic carbocycles. The summed E-state index contributed by atoms with van der Waals surface area (Å²) in [5.41, 5.74) is 6.07. The van der Waals surface area contributed by atoms with Gasteiger partial charge in [0.2, 0.25) is 5.91 Å². The lowest BCUT2D eigenvalue weighted by atomic mass is 9.90. The van der Waals surface area contributed by atoms with Gasteiger partial charge >= 0.3 is 0 Å². The molecule has 4 N–H and O–H groups in total. The van der Waals surface area contributed by atoms with Gasteiger partial charge in [0.15, 0.2) is 11.5 Å². The van der Waals surface area contributed by atoms with Crippen molar-refractivity contribution in [2.75, 3.05) is 26.1 Å². The maximum atomic E-state index is 12.7. The molecule has 0 bridgehead atoms. The fourth-order valence-corrected chi connectivity index (χ4v) is 2.81. The van der Waals surface area contributed by atoms with E-state index in [1.54, 1.807) is 12.1 Å². The van der Waals surface area contributed by atoms with Gasteiger partial charge in [0.05, 0.1) is 19.9 Å². The van der Waals surface area contributed by atoms with Crippen LogP contribution < -0.4 is 25.8 Å². The van der Waals surface area contributed by atoms with Gasteiger partial charge in [-0.25, -0.2) is 0 Å². The highest BCUT2D eigenvalue weighted by Gasteiger charge is 2.27. The van der Waals surface area contributed by atoms with Gasteiger partial charge in [0.25, 0.3) is 5.91 Å².